The molecule has 1 heterocycles. The van der Waals surface area contributed by atoms with Crippen LogP contribution in [0.1, 0.15) is 6.42 Å². The Morgan fingerprint density at radius 1 is 1.60 bits per heavy atom. The summed E-state index contributed by atoms with van der Waals surface area (Å²) in [5.74, 6) is 0. The van der Waals surface area contributed by atoms with Gasteiger partial charge in [-0.3, -0.25) is 4.68 Å². The molecule has 0 saturated heterocycles. The van der Waals surface area contributed by atoms with E-state index in [1.165, 1.54) is 0 Å². The van der Waals surface area contributed by atoms with Gasteiger partial charge in [0, 0.05) is 6.54 Å². The van der Waals surface area contributed by atoms with Gasteiger partial charge in [-0.05, 0) is 20.0 Å². The summed E-state index contributed by atoms with van der Waals surface area (Å²) in [5.41, 5.74) is 0. The maximum Gasteiger partial charge on any atom is 0.137 e. The highest BCUT2D eigenvalue weighted by Gasteiger charge is 1.88. The molecule has 0 amide bonds. The quantitative estimate of drug-likeness (QED) is 0.593. The molecule has 0 aromatic carbocycles. The van der Waals surface area contributed by atoms with Crippen LogP contribution in [0, 0.1) is 0 Å². The summed E-state index contributed by atoms with van der Waals surface area (Å²) in [6.45, 7) is 1.97. The van der Waals surface area contributed by atoms with Gasteiger partial charge in [-0.25, -0.2) is 4.98 Å². The second kappa shape index (κ2) is 4.00. The van der Waals surface area contributed by atoms with Gasteiger partial charge in [-0.2, -0.15) is 5.10 Å². The molecule has 0 radical (unpaired) electrons. The smallest absolute Gasteiger partial charge is 0.137 e. The first-order valence-corrected chi connectivity index (χ1v) is 3.40. The minimum atomic E-state index is 0.945. The lowest BCUT2D eigenvalue weighted by molar-refractivity contribution is 0.561. The summed E-state index contributed by atoms with van der Waals surface area (Å²) < 4.78 is 1.83. The number of aryl methyl sites for hydroxylation is 1. The molecule has 0 unspecified atom stereocenters. The van der Waals surface area contributed by atoms with Crippen LogP contribution in [-0.4, -0.2) is 28.4 Å². The van der Waals surface area contributed by atoms with Gasteiger partial charge in [0.15, 0.2) is 0 Å². The minimum Gasteiger partial charge on any atom is -0.320 e. The third-order valence-corrected chi connectivity index (χ3v) is 1.28. The van der Waals surface area contributed by atoms with Gasteiger partial charge in [0.25, 0.3) is 0 Å². The average Bonchev–Trinajstić information content (AvgIpc) is 2.41. The Morgan fingerprint density at radius 3 is 3.10 bits per heavy atom. The van der Waals surface area contributed by atoms with Gasteiger partial charge in [0.2, 0.25) is 0 Å². The number of aromatic nitrogens is 3. The second-order valence-electron chi connectivity index (χ2n) is 2.12. The van der Waals surface area contributed by atoms with Crippen molar-refractivity contribution < 1.29 is 0 Å². The van der Waals surface area contributed by atoms with Crippen LogP contribution in [0.15, 0.2) is 12.7 Å². The van der Waals surface area contributed by atoms with Crippen molar-refractivity contribution >= 4 is 0 Å². The summed E-state index contributed by atoms with van der Waals surface area (Å²) >= 11 is 0. The maximum atomic E-state index is 3.97. The van der Waals surface area contributed by atoms with Gasteiger partial charge in [-0.1, -0.05) is 0 Å². The van der Waals surface area contributed by atoms with Crippen molar-refractivity contribution in [3.63, 3.8) is 0 Å². The molecule has 0 aliphatic carbocycles. The van der Waals surface area contributed by atoms with Crippen LogP contribution < -0.4 is 5.32 Å². The van der Waals surface area contributed by atoms with E-state index in [-0.39, 0.29) is 0 Å². The number of hydrogen-bond acceptors (Lipinski definition) is 3. The predicted octanol–water partition coefficient (Wildman–Crippen LogP) is -0.112. The van der Waals surface area contributed by atoms with Crippen molar-refractivity contribution in [3.05, 3.63) is 12.7 Å². The van der Waals surface area contributed by atoms with E-state index in [0.717, 1.165) is 19.5 Å². The summed E-state index contributed by atoms with van der Waals surface area (Å²) in [6, 6.07) is 0. The molecule has 10 heavy (non-hydrogen) atoms. The summed E-state index contributed by atoms with van der Waals surface area (Å²) in [4.78, 5) is 3.83. The van der Waals surface area contributed by atoms with Crippen molar-refractivity contribution in [3.8, 4) is 0 Å². The molecular formula is C6H12N4. The maximum absolute atomic E-state index is 3.97. The van der Waals surface area contributed by atoms with Crippen LogP contribution in [0.2, 0.25) is 0 Å². The molecule has 0 spiro atoms. The fraction of sp³-hybridized carbons (Fsp3) is 0.667. The molecule has 56 valence electrons. The van der Waals surface area contributed by atoms with Gasteiger partial charge >= 0.3 is 0 Å². The molecule has 0 atom stereocenters. The van der Waals surface area contributed by atoms with Gasteiger partial charge in [0.1, 0.15) is 12.7 Å². The van der Waals surface area contributed by atoms with Crippen LogP contribution >= 0.6 is 0 Å². The first-order valence-electron chi connectivity index (χ1n) is 3.40. The van der Waals surface area contributed by atoms with E-state index in [1.54, 1.807) is 12.7 Å². The molecule has 1 rings (SSSR count). The van der Waals surface area contributed by atoms with E-state index < -0.39 is 0 Å². The molecule has 0 bridgehead atoms. The Morgan fingerprint density at radius 2 is 2.50 bits per heavy atom. The Hall–Kier alpha value is -0.900. The van der Waals surface area contributed by atoms with Crippen molar-refractivity contribution in [2.75, 3.05) is 13.6 Å². The molecule has 0 saturated carbocycles. The summed E-state index contributed by atoms with van der Waals surface area (Å²) in [6.07, 6.45) is 4.38. The van der Waals surface area contributed by atoms with Gasteiger partial charge in [0.05, 0.1) is 0 Å². The van der Waals surface area contributed by atoms with Crippen LogP contribution in [0.5, 0.6) is 0 Å². The topological polar surface area (TPSA) is 42.7 Å². The fourth-order valence-electron chi connectivity index (χ4n) is 0.766. The molecule has 0 aliphatic heterocycles. The van der Waals surface area contributed by atoms with Crippen LogP contribution in [-0.2, 0) is 6.54 Å². The van der Waals surface area contributed by atoms with Crippen molar-refractivity contribution in [2.45, 2.75) is 13.0 Å². The Bertz CT molecular complexity index is 158. The highest BCUT2D eigenvalue weighted by molar-refractivity contribution is 4.55. The van der Waals surface area contributed by atoms with Gasteiger partial charge in [-0.15, -0.1) is 0 Å². The van der Waals surface area contributed by atoms with Crippen molar-refractivity contribution in [1.82, 2.24) is 20.1 Å². The van der Waals surface area contributed by atoms with Crippen LogP contribution in [0.3, 0.4) is 0 Å². The van der Waals surface area contributed by atoms with Crippen LogP contribution in [0.4, 0.5) is 0 Å². The Labute approximate surface area is 60.3 Å². The van der Waals surface area contributed by atoms with Crippen molar-refractivity contribution in [1.29, 1.82) is 0 Å². The molecular weight excluding hydrogens is 128 g/mol. The van der Waals surface area contributed by atoms with E-state index in [1.807, 2.05) is 11.7 Å². The van der Waals surface area contributed by atoms with E-state index in [0.29, 0.717) is 0 Å². The number of nitrogens with zero attached hydrogens (tertiary/aromatic N) is 3. The number of hydrogen-bond donors (Lipinski definition) is 1. The predicted molar refractivity (Wildman–Crippen MR) is 38.6 cm³/mol. The zero-order valence-electron chi connectivity index (χ0n) is 6.12. The number of nitrogens with one attached hydrogen (secondary N) is 1. The number of rotatable bonds is 4. The zero-order valence-corrected chi connectivity index (χ0v) is 6.12. The van der Waals surface area contributed by atoms with E-state index >= 15 is 0 Å². The zero-order chi connectivity index (χ0) is 7.23. The minimum absolute atomic E-state index is 0.945. The molecule has 4 nitrogen and oxygen atoms in total. The Balaban J connectivity index is 2.15. The summed E-state index contributed by atoms with van der Waals surface area (Å²) in [5, 5.41) is 7.03. The molecule has 1 aromatic heterocycles. The highest BCUT2D eigenvalue weighted by atomic mass is 15.3. The van der Waals surface area contributed by atoms with Gasteiger partial charge < -0.3 is 5.32 Å². The van der Waals surface area contributed by atoms with E-state index in [4.69, 9.17) is 0 Å². The highest BCUT2D eigenvalue weighted by Crippen LogP contribution is 1.83. The van der Waals surface area contributed by atoms with Crippen molar-refractivity contribution in [2.24, 2.45) is 0 Å². The summed E-state index contributed by atoms with van der Waals surface area (Å²) in [7, 11) is 1.95. The molecule has 4 heteroatoms. The fourth-order valence-corrected chi connectivity index (χ4v) is 0.766. The normalized spacial score (nSPS) is 10.1. The SMILES string of the molecule is CNCCCn1cncn1. The monoisotopic (exact) mass is 140 g/mol. The third kappa shape index (κ3) is 2.14. The van der Waals surface area contributed by atoms with E-state index in [9.17, 15) is 0 Å². The molecule has 0 aliphatic rings. The van der Waals surface area contributed by atoms with Crippen LogP contribution in [0.25, 0.3) is 0 Å². The second-order valence-corrected chi connectivity index (χ2v) is 2.12. The molecule has 1 N–H and O–H groups in total. The molecule has 0 fully saturated rings. The third-order valence-electron chi connectivity index (χ3n) is 1.28. The lowest BCUT2D eigenvalue weighted by Crippen LogP contribution is -2.11. The first-order chi connectivity index (χ1) is 4.93. The Kier molecular flexibility index (Phi) is 2.89. The largest absolute Gasteiger partial charge is 0.320 e. The average molecular weight is 140 g/mol. The first kappa shape index (κ1) is 7.21. The standard InChI is InChI=1S/C6H12N4/c1-7-3-2-4-10-6-8-5-9-10/h5-7H,2-4H2,1H3. The lowest BCUT2D eigenvalue weighted by atomic mass is 10.4. The molecule has 1 aromatic rings. The van der Waals surface area contributed by atoms with E-state index in [2.05, 4.69) is 15.4 Å². The lowest BCUT2D eigenvalue weighted by Gasteiger charge is -1.98.